The molecule has 3 atom stereocenters. The molecular weight excluding hydrogens is 303 g/mol. The maximum Gasteiger partial charge on any atom is 0.244 e. The van der Waals surface area contributed by atoms with E-state index in [1.54, 1.807) is 0 Å². The topological polar surface area (TPSA) is 49.4 Å². The zero-order chi connectivity index (χ0) is 14.5. The third kappa shape index (κ3) is 2.15. The Morgan fingerprint density at radius 3 is 2.80 bits per heavy atom. The molecule has 2 saturated heterocycles. The molecule has 0 aromatic heterocycles. The highest BCUT2D eigenvalue weighted by Crippen LogP contribution is 2.37. The predicted octanol–water partition coefficient (Wildman–Crippen LogP) is 1.71. The van der Waals surface area contributed by atoms with Crippen LogP contribution in [0.3, 0.4) is 0 Å². The summed E-state index contributed by atoms with van der Waals surface area (Å²) >= 11 is 5.90. The van der Waals surface area contributed by atoms with Crippen LogP contribution in [0.15, 0.2) is 23.1 Å². The van der Waals surface area contributed by atoms with Gasteiger partial charge in [-0.25, -0.2) is 12.8 Å². The zero-order valence-electron chi connectivity index (χ0n) is 11.0. The van der Waals surface area contributed by atoms with E-state index < -0.39 is 15.8 Å². The summed E-state index contributed by atoms with van der Waals surface area (Å²) in [4.78, 5) is -0.0136. The van der Waals surface area contributed by atoms with Gasteiger partial charge in [0.2, 0.25) is 10.0 Å². The molecule has 2 aliphatic heterocycles. The molecule has 110 valence electrons. The van der Waals surface area contributed by atoms with Crippen molar-refractivity contribution in [2.75, 3.05) is 19.6 Å². The van der Waals surface area contributed by atoms with Gasteiger partial charge in [-0.1, -0.05) is 11.6 Å². The van der Waals surface area contributed by atoms with Crippen LogP contribution in [0.25, 0.3) is 0 Å². The van der Waals surface area contributed by atoms with Crippen molar-refractivity contribution >= 4 is 21.6 Å². The molecule has 2 fully saturated rings. The average molecular weight is 319 g/mol. The lowest BCUT2D eigenvalue weighted by molar-refractivity contribution is 0.360. The van der Waals surface area contributed by atoms with Gasteiger partial charge in [-0.2, -0.15) is 4.31 Å². The second kappa shape index (κ2) is 4.94. The first-order valence-corrected chi connectivity index (χ1v) is 8.40. The highest BCUT2D eigenvalue weighted by molar-refractivity contribution is 7.89. The number of hydrogen-bond acceptors (Lipinski definition) is 3. The first-order valence-electron chi connectivity index (χ1n) is 6.59. The van der Waals surface area contributed by atoms with Gasteiger partial charge in [-0.3, -0.25) is 0 Å². The van der Waals surface area contributed by atoms with E-state index in [1.165, 1.54) is 10.4 Å². The fourth-order valence-electron chi connectivity index (χ4n) is 3.26. The van der Waals surface area contributed by atoms with Gasteiger partial charge in [0.1, 0.15) is 10.7 Å². The zero-order valence-corrected chi connectivity index (χ0v) is 12.6. The molecule has 0 bridgehead atoms. The molecule has 2 aliphatic rings. The Labute approximate surface area is 123 Å². The van der Waals surface area contributed by atoms with Crippen molar-refractivity contribution in [2.45, 2.75) is 17.9 Å². The van der Waals surface area contributed by atoms with Gasteiger partial charge in [0.25, 0.3) is 0 Å². The molecule has 1 aromatic carbocycles. The second-order valence-corrected chi connectivity index (χ2v) is 7.74. The van der Waals surface area contributed by atoms with Crippen molar-refractivity contribution in [3.05, 3.63) is 29.0 Å². The van der Waals surface area contributed by atoms with Gasteiger partial charge in [-0.05, 0) is 50.0 Å². The number of halogens is 2. The van der Waals surface area contributed by atoms with Crippen molar-refractivity contribution in [1.82, 2.24) is 9.62 Å². The quantitative estimate of drug-likeness (QED) is 0.903. The summed E-state index contributed by atoms with van der Waals surface area (Å²) in [5.41, 5.74) is 0. The lowest BCUT2D eigenvalue weighted by Crippen LogP contribution is -2.38. The van der Waals surface area contributed by atoms with Crippen LogP contribution in [0.2, 0.25) is 5.02 Å². The number of sulfonamides is 1. The highest BCUT2D eigenvalue weighted by Gasteiger charge is 2.47. The molecule has 1 aromatic rings. The SMILES string of the molecule is CC1C2CNCC2CN1S(=O)(=O)c1ccc(F)cc1Cl. The standard InChI is InChI=1S/C13H16ClFN2O2S/c1-8-11-6-16-5-9(11)7-17(8)20(18,19)13-3-2-10(15)4-12(13)14/h2-4,8-9,11,16H,5-7H2,1H3. The van der Waals surface area contributed by atoms with E-state index in [4.69, 9.17) is 11.6 Å². The molecule has 0 spiro atoms. The van der Waals surface area contributed by atoms with Crippen LogP contribution in [0, 0.1) is 17.7 Å². The van der Waals surface area contributed by atoms with Crippen molar-refractivity contribution in [2.24, 2.45) is 11.8 Å². The minimum atomic E-state index is -3.67. The van der Waals surface area contributed by atoms with E-state index in [0.717, 1.165) is 25.2 Å². The fraction of sp³-hybridized carbons (Fsp3) is 0.538. The maximum atomic E-state index is 13.1. The molecule has 3 unspecified atom stereocenters. The predicted molar refractivity (Wildman–Crippen MR) is 74.6 cm³/mol. The van der Waals surface area contributed by atoms with E-state index in [1.807, 2.05) is 6.92 Å². The van der Waals surface area contributed by atoms with Gasteiger partial charge in [0.15, 0.2) is 0 Å². The Morgan fingerprint density at radius 2 is 2.15 bits per heavy atom. The molecule has 2 heterocycles. The number of hydrogen-bond donors (Lipinski definition) is 1. The van der Waals surface area contributed by atoms with E-state index in [0.29, 0.717) is 18.4 Å². The molecule has 0 aliphatic carbocycles. The molecule has 4 nitrogen and oxygen atoms in total. The normalized spacial score (nSPS) is 30.6. The van der Waals surface area contributed by atoms with Crippen molar-refractivity contribution in [3.8, 4) is 0 Å². The third-order valence-corrected chi connectivity index (χ3v) is 6.80. The van der Waals surface area contributed by atoms with Crippen molar-refractivity contribution < 1.29 is 12.8 Å². The molecule has 0 radical (unpaired) electrons. The van der Waals surface area contributed by atoms with Gasteiger partial charge >= 0.3 is 0 Å². The minimum absolute atomic E-state index is 0.0136. The number of nitrogens with one attached hydrogen (secondary N) is 1. The molecule has 1 N–H and O–H groups in total. The van der Waals surface area contributed by atoms with Crippen LogP contribution in [-0.2, 0) is 10.0 Å². The van der Waals surface area contributed by atoms with Crippen LogP contribution in [-0.4, -0.2) is 38.4 Å². The van der Waals surface area contributed by atoms with E-state index >= 15 is 0 Å². The Morgan fingerprint density at radius 1 is 1.40 bits per heavy atom. The Hall–Kier alpha value is -0.690. The van der Waals surface area contributed by atoms with E-state index in [-0.39, 0.29) is 16.0 Å². The van der Waals surface area contributed by atoms with Crippen molar-refractivity contribution in [1.29, 1.82) is 0 Å². The highest BCUT2D eigenvalue weighted by atomic mass is 35.5. The van der Waals surface area contributed by atoms with Crippen LogP contribution in [0.1, 0.15) is 6.92 Å². The minimum Gasteiger partial charge on any atom is -0.316 e. The molecule has 7 heteroatoms. The third-order valence-electron chi connectivity index (χ3n) is 4.36. The summed E-state index contributed by atoms with van der Waals surface area (Å²) in [6.45, 7) is 4.11. The van der Waals surface area contributed by atoms with Crippen LogP contribution in [0.4, 0.5) is 4.39 Å². The average Bonchev–Trinajstić information content (AvgIpc) is 2.92. The van der Waals surface area contributed by atoms with Crippen LogP contribution >= 0.6 is 11.6 Å². The number of nitrogens with zero attached hydrogens (tertiary/aromatic N) is 1. The molecule has 20 heavy (non-hydrogen) atoms. The Bertz CT molecular complexity index is 637. The first kappa shape index (κ1) is 14.3. The molecule has 0 saturated carbocycles. The number of fused-ring (bicyclic) bond motifs is 1. The Balaban J connectivity index is 1.96. The summed E-state index contributed by atoms with van der Waals surface area (Å²) in [5, 5.41) is 3.23. The second-order valence-electron chi connectivity index (χ2n) is 5.47. The van der Waals surface area contributed by atoms with Crippen molar-refractivity contribution in [3.63, 3.8) is 0 Å². The summed E-state index contributed by atoms with van der Waals surface area (Å²) in [6, 6.07) is 3.34. The summed E-state index contributed by atoms with van der Waals surface area (Å²) < 4.78 is 40.0. The number of benzene rings is 1. The smallest absolute Gasteiger partial charge is 0.244 e. The van der Waals surface area contributed by atoms with Gasteiger partial charge in [-0.15, -0.1) is 0 Å². The van der Waals surface area contributed by atoms with Gasteiger partial charge < -0.3 is 5.32 Å². The van der Waals surface area contributed by atoms with Gasteiger partial charge in [0, 0.05) is 12.6 Å². The lowest BCUT2D eigenvalue weighted by atomic mass is 9.95. The monoisotopic (exact) mass is 318 g/mol. The van der Waals surface area contributed by atoms with E-state index in [9.17, 15) is 12.8 Å². The number of rotatable bonds is 2. The Kier molecular flexibility index (Phi) is 3.52. The van der Waals surface area contributed by atoms with Gasteiger partial charge in [0.05, 0.1) is 5.02 Å². The fourth-order valence-corrected chi connectivity index (χ4v) is 5.50. The first-order chi connectivity index (χ1) is 9.41. The molecule has 3 rings (SSSR count). The maximum absolute atomic E-state index is 13.1. The molecular formula is C13H16ClFN2O2S. The molecule has 0 amide bonds. The summed E-state index contributed by atoms with van der Waals surface area (Å²) in [7, 11) is -3.67. The summed E-state index contributed by atoms with van der Waals surface area (Å²) in [6.07, 6.45) is 0. The van der Waals surface area contributed by atoms with Crippen LogP contribution < -0.4 is 5.32 Å². The summed E-state index contributed by atoms with van der Waals surface area (Å²) in [5.74, 6) is 0.146. The van der Waals surface area contributed by atoms with Crippen LogP contribution in [0.5, 0.6) is 0 Å². The lowest BCUT2D eigenvalue weighted by Gasteiger charge is -2.24. The largest absolute Gasteiger partial charge is 0.316 e. The van der Waals surface area contributed by atoms with E-state index in [2.05, 4.69) is 5.32 Å².